The summed E-state index contributed by atoms with van der Waals surface area (Å²) in [6, 6.07) is 2.32. The quantitative estimate of drug-likeness (QED) is 0.721. The molecule has 0 aliphatic rings. The van der Waals surface area contributed by atoms with Gasteiger partial charge in [-0.1, -0.05) is 0 Å². The van der Waals surface area contributed by atoms with Crippen LogP contribution in [0, 0.1) is 0 Å². The van der Waals surface area contributed by atoms with Crippen LogP contribution < -0.4 is 5.56 Å². The van der Waals surface area contributed by atoms with Crippen LogP contribution in [0.5, 0.6) is 0 Å². The first-order valence-electron chi connectivity index (χ1n) is 3.90. The lowest BCUT2D eigenvalue weighted by Crippen LogP contribution is -2.12. The number of H-pyrrole nitrogens is 1. The Hall–Kier alpha value is -1.92. The minimum atomic E-state index is -4.58. The van der Waals surface area contributed by atoms with Gasteiger partial charge in [0.1, 0.15) is 0 Å². The standard InChI is InChI=1S/C8H4F3N3O/c9-8(10,11)7-12-3-5-4(14-7)1-2-6(15)13-5/h1-3H,(H,13,15). The molecule has 15 heavy (non-hydrogen) atoms. The number of nitrogens with one attached hydrogen (secondary N) is 1. The highest BCUT2D eigenvalue weighted by molar-refractivity contribution is 5.72. The van der Waals surface area contributed by atoms with Gasteiger partial charge in [0, 0.05) is 6.07 Å². The molecule has 0 atom stereocenters. The van der Waals surface area contributed by atoms with Gasteiger partial charge in [0.05, 0.1) is 17.2 Å². The highest BCUT2D eigenvalue weighted by Gasteiger charge is 2.34. The summed E-state index contributed by atoms with van der Waals surface area (Å²) < 4.78 is 36.6. The lowest BCUT2D eigenvalue weighted by molar-refractivity contribution is -0.144. The first-order valence-corrected chi connectivity index (χ1v) is 3.90. The van der Waals surface area contributed by atoms with E-state index in [1.165, 1.54) is 6.07 Å². The van der Waals surface area contributed by atoms with E-state index in [2.05, 4.69) is 15.0 Å². The molecule has 0 amide bonds. The monoisotopic (exact) mass is 215 g/mol. The van der Waals surface area contributed by atoms with Gasteiger partial charge in [0.15, 0.2) is 0 Å². The maximum Gasteiger partial charge on any atom is 0.451 e. The molecule has 0 saturated carbocycles. The molecule has 0 saturated heterocycles. The number of rotatable bonds is 0. The number of aromatic amines is 1. The summed E-state index contributed by atoms with van der Waals surface area (Å²) >= 11 is 0. The number of nitrogens with zero attached hydrogens (tertiary/aromatic N) is 2. The van der Waals surface area contributed by atoms with Crippen molar-refractivity contribution in [2.45, 2.75) is 6.18 Å². The van der Waals surface area contributed by atoms with Crippen molar-refractivity contribution in [3.05, 3.63) is 34.5 Å². The minimum absolute atomic E-state index is 0.0527. The molecule has 2 aromatic rings. The van der Waals surface area contributed by atoms with Crippen molar-refractivity contribution in [2.75, 3.05) is 0 Å². The van der Waals surface area contributed by atoms with Crippen LogP contribution in [-0.4, -0.2) is 15.0 Å². The highest BCUT2D eigenvalue weighted by atomic mass is 19.4. The zero-order chi connectivity index (χ0) is 11.1. The van der Waals surface area contributed by atoms with E-state index in [0.717, 1.165) is 12.3 Å². The van der Waals surface area contributed by atoms with Gasteiger partial charge in [-0.05, 0) is 6.07 Å². The van der Waals surface area contributed by atoms with E-state index >= 15 is 0 Å². The number of pyridine rings is 1. The Morgan fingerprint density at radius 3 is 2.67 bits per heavy atom. The number of hydrogen-bond donors (Lipinski definition) is 1. The van der Waals surface area contributed by atoms with Crippen molar-refractivity contribution in [2.24, 2.45) is 0 Å². The van der Waals surface area contributed by atoms with Crippen LogP contribution in [0.15, 0.2) is 23.1 Å². The van der Waals surface area contributed by atoms with Crippen LogP contribution in [0.2, 0.25) is 0 Å². The SMILES string of the molecule is O=c1ccc2nc(C(F)(F)F)ncc2[nH]1. The fraction of sp³-hybridized carbons (Fsp3) is 0.125. The second-order valence-electron chi connectivity index (χ2n) is 2.81. The van der Waals surface area contributed by atoms with Crippen LogP contribution in [0.1, 0.15) is 5.82 Å². The summed E-state index contributed by atoms with van der Waals surface area (Å²) in [6.45, 7) is 0. The molecule has 78 valence electrons. The van der Waals surface area contributed by atoms with Gasteiger partial charge in [-0.25, -0.2) is 9.97 Å². The molecular weight excluding hydrogens is 211 g/mol. The smallest absolute Gasteiger partial charge is 0.319 e. The lowest BCUT2D eigenvalue weighted by Gasteiger charge is -2.04. The Labute approximate surface area is 80.8 Å². The molecule has 0 bridgehead atoms. The average molecular weight is 215 g/mol. The third-order valence-corrected chi connectivity index (χ3v) is 1.72. The van der Waals surface area contributed by atoms with E-state index in [9.17, 15) is 18.0 Å². The first-order chi connectivity index (χ1) is 6.97. The molecule has 4 nitrogen and oxygen atoms in total. The Morgan fingerprint density at radius 1 is 1.27 bits per heavy atom. The molecule has 7 heteroatoms. The van der Waals surface area contributed by atoms with Crippen LogP contribution in [0.25, 0.3) is 11.0 Å². The number of fused-ring (bicyclic) bond motifs is 1. The molecular formula is C8H4F3N3O. The maximum absolute atomic E-state index is 12.2. The van der Waals surface area contributed by atoms with Crippen molar-refractivity contribution in [1.29, 1.82) is 0 Å². The van der Waals surface area contributed by atoms with Crippen molar-refractivity contribution < 1.29 is 13.2 Å². The van der Waals surface area contributed by atoms with Gasteiger partial charge in [0.25, 0.3) is 0 Å². The van der Waals surface area contributed by atoms with E-state index in [0.29, 0.717) is 0 Å². The van der Waals surface area contributed by atoms with Gasteiger partial charge >= 0.3 is 6.18 Å². The minimum Gasteiger partial charge on any atom is -0.319 e. The average Bonchev–Trinajstić information content (AvgIpc) is 2.15. The van der Waals surface area contributed by atoms with Crippen LogP contribution in [-0.2, 0) is 6.18 Å². The summed E-state index contributed by atoms with van der Waals surface area (Å²) in [5.74, 6) is -1.22. The van der Waals surface area contributed by atoms with E-state index in [-0.39, 0.29) is 11.0 Å². The Kier molecular flexibility index (Phi) is 1.95. The van der Waals surface area contributed by atoms with Gasteiger partial charge in [0.2, 0.25) is 11.4 Å². The van der Waals surface area contributed by atoms with Gasteiger partial charge in [-0.3, -0.25) is 4.79 Å². The molecule has 0 aliphatic carbocycles. The van der Waals surface area contributed by atoms with Gasteiger partial charge < -0.3 is 4.98 Å². The third kappa shape index (κ3) is 1.80. The molecule has 2 rings (SSSR count). The highest BCUT2D eigenvalue weighted by Crippen LogP contribution is 2.26. The number of alkyl halides is 3. The Balaban J connectivity index is 2.67. The summed E-state index contributed by atoms with van der Waals surface area (Å²) in [6.07, 6.45) is -3.64. The normalized spacial score (nSPS) is 11.9. The summed E-state index contributed by atoms with van der Waals surface area (Å²) in [4.78, 5) is 19.5. The zero-order valence-electron chi connectivity index (χ0n) is 7.17. The van der Waals surface area contributed by atoms with Crippen molar-refractivity contribution in [3.8, 4) is 0 Å². The molecule has 0 unspecified atom stereocenters. The van der Waals surface area contributed by atoms with Crippen molar-refractivity contribution in [3.63, 3.8) is 0 Å². The van der Waals surface area contributed by atoms with Gasteiger partial charge in [-0.2, -0.15) is 13.2 Å². The van der Waals surface area contributed by atoms with Crippen LogP contribution in [0.4, 0.5) is 13.2 Å². The van der Waals surface area contributed by atoms with E-state index in [4.69, 9.17) is 0 Å². The van der Waals surface area contributed by atoms with E-state index in [1.54, 1.807) is 0 Å². The topological polar surface area (TPSA) is 58.6 Å². The molecule has 0 aliphatic heterocycles. The molecule has 0 spiro atoms. The summed E-state index contributed by atoms with van der Waals surface area (Å²) in [5.41, 5.74) is -0.182. The van der Waals surface area contributed by atoms with Crippen LogP contribution >= 0.6 is 0 Å². The largest absolute Gasteiger partial charge is 0.451 e. The molecule has 0 radical (unpaired) electrons. The number of hydrogen-bond acceptors (Lipinski definition) is 3. The predicted molar refractivity (Wildman–Crippen MR) is 45.2 cm³/mol. The molecule has 0 fully saturated rings. The Bertz CT molecular complexity index is 561. The summed E-state index contributed by atoms with van der Waals surface area (Å²) in [7, 11) is 0. The second-order valence-corrected chi connectivity index (χ2v) is 2.81. The zero-order valence-corrected chi connectivity index (χ0v) is 7.17. The predicted octanol–water partition coefficient (Wildman–Crippen LogP) is 1.34. The summed E-state index contributed by atoms with van der Waals surface area (Å²) in [5, 5.41) is 0. The van der Waals surface area contributed by atoms with Crippen molar-refractivity contribution >= 4 is 11.0 Å². The first kappa shape index (κ1) is 9.63. The maximum atomic E-state index is 12.2. The van der Waals surface area contributed by atoms with Crippen LogP contribution in [0.3, 0.4) is 0 Å². The Morgan fingerprint density at radius 2 is 2.00 bits per heavy atom. The van der Waals surface area contributed by atoms with E-state index in [1.807, 2.05) is 0 Å². The van der Waals surface area contributed by atoms with Crippen molar-refractivity contribution in [1.82, 2.24) is 15.0 Å². The molecule has 2 aromatic heterocycles. The van der Waals surface area contributed by atoms with E-state index < -0.39 is 17.6 Å². The fourth-order valence-corrected chi connectivity index (χ4v) is 1.08. The lowest BCUT2D eigenvalue weighted by atomic mass is 10.3. The fourth-order valence-electron chi connectivity index (χ4n) is 1.08. The second kappa shape index (κ2) is 3.04. The number of halogens is 3. The molecule has 0 aromatic carbocycles. The number of aromatic nitrogens is 3. The molecule has 1 N–H and O–H groups in total. The molecule has 2 heterocycles. The third-order valence-electron chi connectivity index (χ3n) is 1.72. The van der Waals surface area contributed by atoms with Gasteiger partial charge in [-0.15, -0.1) is 0 Å².